The van der Waals surface area contributed by atoms with Gasteiger partial charge < -0.3 is 10.2 Å². The average Bonchev–Trinajstić information content (AvgIpc) is 2.54. The van der Waals surface area contributed by atoms with Crippen LogP contribution in [0.15, 0.2) is 24.3 Å². The highest BCUT2D eigenvalue weighted by Gasteiger charge is 2.11. The van der Waals surface area contributed by atoms with Crippen LogP contribution in [0.25, 0.3) is 0 Å². The average molecular weight is 289 g/mol. The molecule has 0 aromatic heterocycles. The zero-order chi connectivity index (χ0) is 15.1. The molecule has 1 aromatic carbocycles. The third-order valence-electron chi connectivity index (χ3n) is 4.13. The fraction of sp³-hybridized carbons (Fsp3) is 0.588. The van der Waals surface area contributed by atoms with Crippen LogP contribution in [0.1, 0.15) is 33.1 Å². The maximum Gasteiger partial charge on any atom is 0.238 e. The Morgan fingerprint density at radius 2 is 1.71 bits per heavy atom. The monoisotopic (exact) mass is 289 g/mol. The molecule has 4 heteroatoms. The van der Waals surface area contributed by atoms with E-state index in [1.165, 1.54) is 24.9 Å². The van der Waals surface area contributed by atoms with E-state index in [1.54, 1.807) is 0 Å². The van der Waals surface area contributed by atoms with E-state index in [0.717, 1.165) is 31.9 Å². The van der Waals surface area contributed by atoms with E-state index >= 15 is 0 Å². The summed E-state index contributed by atoms with van der Waals surface area (Å²) in [7, 11) is 0. The van der Waals surface area contributed by atoms with Crippen molar-refractivity contribution in [2.24, 2.45) is 0 Å². The summed E-state index contributed by atoms with van der Waals surface area (Å²) in [6.07, 6.45) is 3.90. The van der Waals surface area contributed by atoms with Gasteiger partial charge in [0.05, 0.1) is 6.54 Å². The van der Waals surface area contributed by atoms with Crippen LogP contribution >= 0.6 is 0 Å². The van der Waals surface area contributed by atoms with Crippen molar-refractivity contribution in [2.45, 2.75) is 33.1 Å². The molecule has 0 bridgehead atoms. The van der Waals surface area contributed by atoms with Crippen LogP contribution in [0.2, 0.25) is 0 Å². The highest BCUT2D eigenvalue weighted by atomic mass is 16.2. The van der Waals surface area contributed by atoms with Crippen molar-refractivity contribution in [1.29, 1.82) is 0 Å². The molecule has 1 aromatic rings. The molecule has 1 fully saturated rings. The number of nitrogens with zero attached hydrogens (tertiary/aromatic N) is 2. The molecule has 1 heterocycles. The predicted octanol–water partition coefficient (Wildman–Crippen LogP) is 2.96. The quantitative estimate of drug-likeness (QED) is 0.874. The molecule has 1 N–H and O–H groups in total. The Kier molecular flexibility index (Phi) is 6.05. The normalized spacial score (nSPS) is 15.3. The van der Waals surface area contributed by atoms with E-state index in [9.17, 15) is 4.79 Å². The van der Waals surface area contributed by atoms with Crippen LogP contribution in [0.4, 0.5) is 11.4 Å². The lowest BCUT2D eigenvalue weighted by Crippen LogP contribution is -2.33. The molecule has 1 saturated heterocycles. The Labute approximate surface area is 128 Å². The minimum Gasteiger partial charge on any atom is -0.372 e. The summed E-state index contributed by atoms with van der Waals surface area (Å²) in [6.45, 7) is 8.70. The molecular formula is C17H27N3O. The molecule has 4 nitrogen and oxygen atoms in total. The minimum absolute atomic E-state index is 0.0597. The zero-order valence-corrected chi connectivity index (χ0v) is 13.3. The molecule has 1 aliphatic heterocycles. The molecule has 1 amide bonds. The summed E-state index contributed by atoms with van der Waals surface area (Å²) < 4.78 is 0. The standard InChI is InChI=1S/C17H27N3O/c1-3-19(4-2)14-17(21)18-15-8-10-16(11-9-15)20-12-6-5-7-13-20/h8-11H,3-7,12-14H2,1-2H3,(H,18,21). The van der Waals surface area contributed by atoms with E-state index in [2.05, 4.69) is 41.1 Å². The number of hydrogen-bond acceptors (Lipinski definition) is 3. The van der Waals surface area contributed by atoms with Gasteiger partial charge in [0.2, 0.25) is 5.91 Å². The van der Waals surface area contributed by atoms with Gasteiger partial charge in [-0.3, -0.25) is 9.69 Å². The van der Waals surface area contributed by atoms with Crippen LogP contribution in [0.3, 0.4) is 0 Å². The molecule has 0 saturated carbocycles. The SMILES string of the molecule is CCN(CC)CC(=O)Nc1ccc(N2CCCCC2)cc1. The number of benzene rings is 1. The van der Waals surface area contributed by atoms with Gasteiger partial charge in [-0.15, -0.1) is 0 Å². The lowest BCUT2D eigenvalue weighted by atomic mass is 10.1. The molecule has 0 aliphatic carbocycles. The number of hydrogen-bond donors (Lipinski definition) is 1. The van der Waals surface area contributed by atoms with Gasteiger partial charge in [0, 0.05) is 24.5 Å². The fourth-order valence-corrected chi connectivity index (χ4v) is 2.76. The number of carbonyl (C=O) groups is 1. The van der Waals surface area contributed by atoms with Gasteiger partial charge in [0.15, 0.2) is 0 Å². The Hall–Kier alpha value is -1.55. The van der Waals surface area contributed by atoms with Gasteiger partial charge >= 0.3 is 0 Å². The van der Waals surface area contributed by atoms with E-state index in [4.69, 9.17) is 0 Å². The van der Waals surface area contributed by atoms with Gasteiger partial charge in [-0.1, -0.05) is 13.8 Å². The van der Waals surface area contributed by atoms with E-state index in [1.807, 2.05) is 12.1 Å². The second kappa shape index (κ2) is 8.03. The zero-order valence-electron chi connectivity index (χ0n) is 13.3. The minimum atomic E-state index is 0.0597. The summed E-state index contributed by atoms with van der Waals surface area (Å²) in [5, 5.41) is 2.97. The highest BCUT2D eigenvalue weighted by molar-refractivity contribution is 5.92. The van der Waals surface area contributed by atoms with E-state index in [0.29, 0.717) is 6.54 Å². The largest absolute Gasteiger partial charge is 0.372 e. The smallest absolute Gasteiger partial charge is 0.238 e. The van der Waals surface area contributed by atoms with Crippen LogP contribution in [-0.2, 0) is 4.79 Å². The molecule has 2 rings (SSSR count). The molecule has 0 unspecified atom stereocenters. The Balaban J connectivity index is 1.88. The molecule has 0 radical (unpaired) electrons. The Morgan fingerprint density at radius 1 is 1.10 bits per heavy atom. The lowest BCUT2D eigenvalue weighted by molar-refractivity contribution is -0.117. The van der Waals surface area contributed by atoms with Crippen molar-refractivity contribution in [1.82, 2.24) is 4.90 Å². The van der Waals surface area contributed by atoms with Gasteiger partial charge in [-0.2, -0.15) is 0 Å². The maximum atomic E-state index is 12.0. The number of nitrogens with one attached hydrogen (secondary N) is 1. The molecule has 0 spiro atoms. The van der Waals surface area contributed by atoms with Crippen LogP contribution in [-0.4, -0.2) is 43.5 Å². The topological polar surface area (TPSA) is 35.6 Å². The van der Waals surface area contributed by atoms with Crippen LogP contribution in [0.5, 0.6) is 0 Å². The first-order valence-electron chi connectivity index (χ1n) is 8.10. The first-order valence-corrected chi connectivity index (χ1v) is 8.10. The third-order valence-corrected chi connectivity index (χ3v) is 4.13. The second-order valence-electron chi connectivity index (χ2n) is 5.60. The number of carbonyl (C=O) groups excluding carboxylic acids is 1. The number of rotatable bonds is 6. The van der Waals surface area contributed by atoms with Crippen molar-refractivity contribution >= 4 is 17.3 Å². The van der Waals surface area contributed by atoms with Crippen molar-refractivity contribution in [2.75, 3.05) is 42.9 Å². The molecular weight excluding hydrogens is 262 g/mol. The fourth-order valence-electron chi connectivity index (χ4n) is 2.76. The van der Waals surface area contributed by atoms with Crippen molar-refractivity contribution < 1.29 is 4.79 Å². The van der Waals surface area contributed by atoms with Crippen molar-refractivity contribution in [3.8, 4) is 0 Å². The predicted molar refractivity (Wildman–Crippen MR) is 88.9 cm³/mol. The third kappa shape index (κ3) is 4.74. The summed E-state index contributed by atoms with van der Waals surface area (Å²) >= 11 is 0. The first-order chi connectivity index (χ1) is 10.2. The Morgan fingerprint density at radius 3 is 2.29 bits per heavy atom. The van der Waals surface area contributed by atoms with Gasteiger partial charge in [-0.05, 0) is 56.6 Å². The molecule has 21 heavy (non-hydrogen) atoms. The van der Waals surface area contributed by atoms with Crippen molar-refractivity contribution in [3.63, 3.8) is 0 Å². The van der Waals surface area contributed by atoms with Crippen molar-refractivity contribution in [3.05, 3.63) is 24.3 Å². The number of anilines is 2. The summed E-state index contributed by atoms with van der Waals surface area (Å²) in [6, 6.07) is 8.23. The second-order valence-corrected chi connectivity index (χ2v) is 5.60. The van der Waals surface area contributed by atoms with Gasteiger partial charge in [0.25, 0.3) is 0 Å². The molecule has 116 valence electrons. The van der Waals surface area contributed by atoms with Gasteiger partial charge in [-0.25, -0.2) is 0 Å². The number of likely N-dealkylation sites (N-methyl/N-ethyl adjacent to an activating group) is 1. The molecule has 1 aliphatic rings. The van der Waals surface area contributed by atoms with E-state index in [-0.39, 0.29) is 5.91 Å². The first kappa shape index (κ1) is 15.8. The number of amides is 1. The Bertz CT molecular complexity index is 434. The lowest BCUT2D eigenvalue weighted by Gasteiger charge is -2.28. The number of piperidine rings is 1. The summed E-state index contributed by atoms with van der Waals surface area (Å²) in [5.74, 6) is 0.0597. The maximum absolute atomic E-state index is 12.0. The van der Waals surface area contributed by atoms with Crippen LogP contribution < -0.4 is 10.2 Å². The van der Waals surface area contributed by atoms with Gasteiger partial charge in [0.1, 0.15) is 0 Å². The summed E-state index contributed by atoms with van der Waals surface area (Å²) in [5.41, 5.74) is 2.14. The van der Waals surface area contributed by atoms with Crippen LogP contribution in [0, 0.1) is 0 Å². The van der Waals surface area contributed by atoms with E-state index < -0.39 is 0 Å². The molecule has 0 atom stereocenters. The summed E-state index contributed by atoms with van der Waals surface area (Å²) in [4.78, 5) is 16.5. The highest BCUT2D eigenvalue weighted by Crippen LogP contribution is 2.21.